The van der Waals surface area contributed by atoms with E-state index in [0.717, 1.165) is 11.1 Å². The molecular formula is C17H15ClN4O3S. The van der Waals surface area contributed by atoms with E-state index >= 15 is 0 Å². The Bertz CT molecular complexity index is 960. The fourth-order valence-corrected chi connectivity index (χ4v) is 3.31. The van der Waals surface area contributed by atoms with Gasteiger partial charge in [0, 0.05) is 5.02 Å². The van der Waals surface area contributed by atoms with Crippen LogP contribution in [0.3, 0.4) is 0 Å². The molecule has 0 radical (unpaired) electrons. The predicted molar refractivity (Wildman–Crippen MR) is 98.7 cm³/mol. The van der Waals surface area contributed by atoms with Crippen molar-refractivity contribution in [2.45, 2.75) is 18.4 Å². The van der Waals surface area contributed by atoms with E-state index in [1.165, 1.54) is 18.1 Å². The van der Waals surface area contributed by atoms with Crippen molar-refractivity contribution < 1.29 is 14.3 Å². The van der Waals surface area contributed by atoms with Crippen LogP contribution in [-0.4, -0.2) is 43.9 Å². The van der Waals surface area contributed by atoms with E-state index < -0.39 is 5.97 Å². The fraction of sp³-hybridized carbons (Fsp3) is 0.235. The van der Waals surface area contributed by atoms with Crippen LogP contribution in [0.4, 0.5) is 0 Å². The Morgan fingerprint density at radius 2 is 2.15 bits per heavy atom. The maximum Gasteiger partial charge on any atom is 0.313 e. The highest BCUT2D eigenvalue weighted by Gasteiger charge is 2.15. The number of halogens is 1. The number of hydrogen-bond acceptors (Lipinski definition) is 7. The zero-order chi connectivity index (χ0) is 18.5. The van der Waals surface area contributed by atoms with Crippen molar-refractivity contribution in [3.8, 4) is 5.69 Å². The number of thioether (sulfide) groups is 1. The van der Waals surface area contributed by atoms with E-state index in [-0.39, 0.29) is 24.6 Å². The van der Waals surface area contributed by atoms with Crippen LogP contribution >= 0.6 is 23.4 Å². The minimum absolute atomic E-state index is 0.118. The molecular weight excluding hydrogens is 376 g/mol. The van der Waals surface area contributed by atoms with Gasteiger partial charge in [0.25, 0.3) is 0 Å². The van der Waals surface area contributed by atoms with Crippen LogP contribution in [0.2, 0.25) is 5.02 Å². The molecule has 0 aliphatic rings. The zero-order valence-electron chi connectivity index (χ0n) is 13.9. The maximum absolute atomic E-state index is 11.9. The topological polar surface area (TPSA) is 87.0 Å². The largest absolute Gasteiger partial charge is 0.466 e. The molecule has 0 bridgehead atoms. The molecule has 0 unspecified atom stereocenters. The van der Waals surface area contributed by atoms with Gasteiger partial charge in [0.1, 0.15) is 17.8 Å². The van der Waals surface area contributed by atoms with Crippen LogP contribution in [-0.2, 0) is 14.3 Å². The Morgan fingerprint density at radius 3 is 2.92 bits per heavy atom. The van der Waals surface area contributed by atoms with Gasteiger partial charge in [0.2, 0.25) is 0 Å². The first-order valence-electron chi connectivity index (χ1n) is 7.83. The van der Waals surface area contributed by atoms with Gasteiger partial charge in [-0.25, -0.2) is 14.6 Å². The smallest absolute Gasteiger partial charge is 0.313 e. The first-order valence-corrected chi connectivity index (χ1v) is 9.19. The molecule has 2 aromatic heterocycles. The highest BCUT2D eigenvalue weighted by atomic mass is 35.5. The fourth-order valence-electron chi connectivity index (χ4n) is 2.31. The number of ether oxygens (including phenoxy) is 1. The number of nitrogens with zero attached hydrogens (tertiary/aromatic N) is 4. The second kappa shape index (κ2) is 8.29. The van der Waals surface area contributed by atoms with Gasteiger partial charge in [-0.05, 0) is 25.1 Å². The molecule has 0 atom stereocenters. The summed E-state index contributed by atoms with van der Waals surface area (Å²) in [6.07, 6.45) is 2.83. The lowest BCUT2D eigenvalue weighted by Gasteiger charge is -2.04. The molecule has 0 fully saturated rings. The average Bonchev–Trinajstić information content (AvgIpc) is 3.05. The number of carbonyl (C=O) groups excluding carboxylic acids is 2. The van der Waals surface area contributed by atoms with Crippen molar-refractivity contribution >= 4 is 46.1 Å². The summed E-state index contributed by atoms with van der Waals surface area (Å²) in [5.74, 6) is -0.616. The molecule has 0 N–H and O–H groups in total. The van der Waals surface area contributed by atoms with Crippen LogP contribution in [0.1, 0.15) is 13.3 Å². The lowest BCUT2D eigenvalue weighted by Crippen LogP contribution is -2.12. The number of aromatic nitrogens is 4. The summed E-state index contributed by atoms with van der Waals surface area (Å²) in [5, 5.41) is 6.30. The van der Waals surface area contributed by atoms with Crippen LogP contribution in [0.15, 0.2) is 41.8 Å². The first kappa shape index (κ1) is 18.3. The maximum atomic E-state index is 11.9. The third-order valence-corrected chi connectivity index (χ3v) is 4.70. The molecule has 0 spiro atoms. The van der Waals surface area contributed by atoms with Crippen LogP contribution in [0, 0.1) is 0 Å². The number of ketones is 1. The van der Waals surface area contributed by atoms with Crippen LogP contribution in [0.5, 0.6) is 0 Å². The van der Waals surface area contributed by atoms with Gasteiger partial charge in [-0.3, -0.25) is 9.59 Å². The van der Waals surface area contributed by atoms with Crippen molar-refractivity contribution in [2.75, 3.05) is 12.4 Å². The Morgan fingerprint density at radius 1 is 1.31 bits per heavy atom. The molecule has 0 aliphatic heterocycles. The molecule has 7 nitrogen and oxygen atoms in total. The summed E-state index contributed by atoms with van der Waals surface area (Å²) in [5.41, 5.74) is 1.39. The van der Waals surface area contributed by atoms with E-state index in [4.69, 9.17) is 16.3 Å². The van der Waals surface area contributed by atoms with Crippen molar-refractivity contribution in [1.29, 1.82) is 0 Å². The molecule has 0 aliphatic carbocycles. The number of carbonyl (C=O) groups is 2. The van der Waals surface area contributed by atoms with E-state index in [2.05, 4.69) is 15.1 Å². The third kappa shape index (κ3) is 4.20. The van der Waals surface area contributed by atoms with Gasteiger partial charge in [-0.15, -0.1) is 0 Å². The molecule has 134 valence electrons. The van der Waals surface area contributed by atoms with Crippen molar-refractivity contribution in [2.24, 2.45) is 0 Å². The van der Waals surface area contributed by atoms with Crippen LogP contribution < -0.4 is 0 Å². The lowest BCUT2D eigenvalue weighted by atomic mass is 10.3. The average molecular weight is 391 g/mol. The minimum Gasteiger partial charge on any atom is -0.466 e. The van der Waals surface area contributed by atoms with E-state index in [0.29, 0.717) is 15.7 Å². The standard InChI is InChI=1S/C17H15ClN4O3S/c1-2-25-15(24)7-13(23)9-26-17-14-8-21-22(16(14)19-10-20-17)12-5-3-4-11(18)6-12/h3-6,8,10H,2,7,9H2,1H3. The second-order valence-corrected chi connectivity index (χ2v) is 6.66. The Labute approximate surface area is 158 Å². The molecule has 0 amide bonds. The molecule has 1 aromatic carbocycles. The summed E-state index contributed by atoms with van der Waals surface area (Å²) in [7, 11) is 0. The van der Waals surface area contributed by atoms with Gasteiger partial charge in [-0.1, -0.05) is 29.4 Å². The van der Waals surface area contributed by atoms with Crippen molar-refractivity contribution in [3.63, 3.8) is 0 Å². The van der Waals surface area contributed by atoms with Crippen molar-refractivity contribution in [3.05, 3.63) is 41.8 Å². The highest BCUT2D eigenvalue weighted by Crippen LogP contribution is 2.26. The van der Waals surface area contributed by atoms with E-state index in [9.17, 15) is 9.59 Å². The normalized spacial score (nSPS) is 10.8. The summed E-state index contributed by atoms with van der Waals surface area (Å²) in [4.78, 5) is 31.8. The van der Waals surface area contributed by atoms with Crippen LogP contribution in [0.25, 0.3) is 16.7 Å². The molecule has 2 heterocycles. The molecule has 9 heteroatoms. The zero-order valence-corrected chi connectivity index (χ0v) is 15.5. The Kier molecular flexibility index (Phi) is 5.85. The third-order valence-electron chi connectivity index (χ3n) is 3.40. The lowest BCUT2D eigenvalue weighted by molar-refractivity contribution is -0.145. The van der Waals surface area contributed by atoms with Gasteiger partial charge in [0.05, 0.1) is 29.6 Å². The van der Waals surface area contributed by atoms with Gasteiger partial charge in [-0.2, -0.15) is 5.10 Å². The molecule has 26 heavy (non-hydrogen) atoms. The predicted octanol–water partition coefficient (Wildman–Crippen LogP) is 3.08. The first-order chi connectivity index (χ1) is 12.6. The van der Waals surface area contributed by atoms with E-state index in [1.54, 1.807) is 29.9 Å². The number of fused-ring (bicyclic) bond motifs is 1. The Hall–Kier alpha value is -2.45. The number of Topliss-reactive ketones (excluding diaryl/α,β-unsaturated/α-hetero) is 1. The van der Waals surface area contributed by atoms with Gasteiger partial charge >= 0.3 is 5.97 Å². The Balaban J connectivity index is 1.78. The second-order valence-electron chi connectivity index (χ2n) is 5.26. The number of rotatable bonds is 7. The summed E-state index contributed by atoms with van der Waals surface area (Å²) >= 11 is 7.28. The molecule has 3 rings (SSSR count). The summed E-state index contributed by atoms with van der Waals surface area (Å²) in [6.45, 7) is 1.96. The number of benzene rings is 1. The molecule has 3 aromatic rings. The van der Waals surface area contributed by atoms with E-state index in [1.807, 2.05) is 12.1 Å². The molecule has 0 saturated heterocycles. The SMILES string of the molecule is CCOC(=O)CC(=O)CSc1ncnc2c1cnn2-c1cccc(Cl)c1. The van der Waals surface area contributed by atoms with Crippen molar-refractivity contribution in [1.82, 2.24) is 19.7 Å². The number of esters is 1. The minimum atomic E-state index is -0.514. The summed E-state index contributed by atoms with van der Waals surface area (Å²) in [6, 6.07) is 7.26. The monoisotopic (exact) mass is 390 g/mol. The van der Waals surface area contributed by atoms with Gasteiger partial charge in [0.15, 0.2) is 11.4 Å². The number of hydrogen-bond donors (Lipinski definition) is 0. The summed E-state index contributed by atoms with van der Waals surface area (Å²) < 4.78 is 6.44. The quantitative estimate of drug-likeness (QED) is 0.265. The van der Waals surface area contributed by atoms with Gasteiger partial charge < -0.3 is 4.74 Å². The highest BCUT2D eigenvalue weighted by molar-refractivity contribution is 8.00. The molecule has 0 saturated carbocycles.